The lowest BCUT2D eigenvalue weighted by Gasteiger charge is -2.10. The van der Waals surface area contributed by atoms with Gasteiger partial charge in [-0.25, -0.2) is 0 Å². The summed E-state index contributed by atoms with van der Waals surface area (Å²) in [5, 5.41) is 0.397. The highest BCUT2D eigenvalue weighted by Gasteiger charge is 2.19. The average molecular weight is 318 g/mol. The predicted octanol–water partition coefficient (Wildman–Crippen LogP) is 4.23. The fourth-order valence-electron chi connectivity index (χ4n) is 2.36. The van der Waals surface area contributed by atoms with Crippen LogP contribution in [-0.2, 0) is 0 Å². The van der Waals surface area contributed by atoms with Crippen LogP contribution in [-0.4, -0.2) is 10.2 Å². The van der Waals surface area contributed by atoms with Gasteiger partial charge in [0.2, 0.25) is 0 Å². The molecule has 21 heavy (non-hydrogen) atoms. The summed E-state index contributed by atoms with van der Waals surface area (Å²) in [6.45, 7) is 0. The summed E-state index contributed by atoms with van der Waals surface area (Å²) in [5.74, 6) is 0. The van der Waals surface area contributed by atoms with E-state index >= 15 is 0 Å². The number of halogens is 2. The quantitative estimate of drug-likeness (QED) is 0.719. The zero-order valence-electron chi connectivity index (χ0n) is 10.7. The molecule has 0 fully saturated rings. The minimum absolute atomic E-state index is 0.0716. The van der Waals surface area contributed by atoms with Gasteiger partial charge in [-0.2, -0.15) is 0 Å². The zero-order valence-corrected chi connectivity index (χ0v) is 12.2. The number of H-pyrrole nitrogens is 1. The van der Waals surface area contributed by atoms with Crippen LogP contribution in [0.25, 0.3) is 22.0 Å². The van der Waals surface area contributed by atoms with Crippen LogP contribution >= 0.6 is 23.2 Å². The van der Waals surface area contributed by atoms with E-state index in [9.17, 15) is 9.59 Å². The third-order valence-electron chi connectivity index (χ3n) is 3.24. The number of carbonyl (C=O) groups excluding carboxylic acids is 1. The van der Waals surface area contributed by atoms with Crippen molar-refractivity contribution in [3.8, 4) is 11.1 Å². The topological polar surface area (TPSA) is 49.9 Å². The Hall–Kier alpha value is -2.10. The number of aromatic nitrogens is 1. The minimum Gasteiger partial charge on any atom is -0.321 e. The maximum Gasteiger partial charge on any atom is 0.261 e. The first-order chi connectivity index (χ1) is 10.1. The van der Waals surface area contributed by atoms with Crippen molar-refractivity contribution >= 4 is 39.3 Å². The van der Waals surface area contributed by atoms with Crippen LogP contribution in [0.5, 0.6) is 0 Å². The van der Waals surface area contributed by atoms with Crippen molar-refractivity contribution in [2.75, 3.05) is 0 Å². The van der Waals surface area contributed by atoms with E-state index in [-0.39, 0.29) is 5.56 Å². The van der Waals surface area contributed by atoms with Crippen LogP contribution in [0.3, 0.4) is 0 Å². The molecule has 0 aliphatic carbocycles. The molecule has 5 heteroatoms. The molecule has 1 N–H and O–H groups in total. The maximum atomic E-state index is 12.2. The van der Waals surface area contributed by atoms with Gasteiger partial charge in [-0.1, -0.05) is 41.9 Å². The summed E-state index contributed by atoms with van der Waals surface area (Å²) < 4.78 is 0. The zero-order chi connectivity index (χ0) is 15.0. The molecule has 0 amide bonds. The lowest BCUT2D eigenvalue weighted by molar-refractivity contribution is 0.108. The standard InChI is InChI=1S/C16H9Cl2NO2/c17-10-6-7-12-11(8-10)13(9-4-2-1-3-5-9)14(15(18)20)16(21)19-12/h1-8H,(H,19,21). The smallest absolute Gasteiger partial charge is 0.261 e. The number of carbonyl (C=O) groups is 1. The van der Waals surface area contributed by atoms with Crippen molar-refractivity contribution in [3.05, 3.63) is 69.5 Å². The highest BCUT2D eigenvalue weighted by atomic mass is 35.5. The van der Waals surface area contributed by atoms with Gasteiger partial charge in [0.15, 0.2) is 0 Å². The second-order valence-electron chi connectivity index (χ2n) is 4.53. The van der Waals surface area contributed by atoms with Crippen molar-refractivity contribution in [2.24, 2.45) is 0 Å². The van der Waals surface area contributed by atoms with Crippen molar-refractivity contribution in [2.45, 2.75) is 0 Å². The Labute approximate surface area is 130 Å². The number of pyridine rings is 1. The molecule has 0 atom stereocenters. The van der Waals surface area contributed by atoms with Gasteiger partial charge in [0.05, 0.1) is 0 Å². The molecule has 0 saturated carbocycles. The first-order valence-corrected chi connectivity index (χ1v) is 6.94. The van der Waals surface area contributed by atoms with Crippen LogP contribution in [0.4, 0.5) is 0 Å². The third kappa shape index (κ3) is 2.46. The monoisotopic (exact) mass is 317 g/mol. The molecule has 3 nitrogen and oxygen atoms in total. The molecule has 0 spiro atoms. The summed E-state index contributed by atoms with van der Waals surface area (Å²) in [6, 6.07) is 14.2. The normalized spacial score (nSPS) is 10.8. The Balaban J connectivity index is 2.53. The molecule has 0 unspecified atom stereocenters. The molecular weight excluding hydrogens is 309 g/mol. The van der Waals surface area contributed by atoms with Gasteiger partial charge in [0.1, 0.15) is 5.56 Å². The number of hydrogen-bond acceptors (Lipinski definition) is 2. The number of rotatable bonds is 2. The van der Waals surface area contributed by atoms with Crippen molar-refractivity contribution in [1.82, 2.24) is 4.98 Å². The van der Waals surface area contributed by atoms with Gasteiger partial charge >= 0.3 is 0 Å². The largest absolute Gasteiger partial charge is 0.321 e. The van der Waals surface area contributed by atoms with E-state index < -0.39 is 10.8 Å². The van der Waals surface area contributed by atoms with E-state index in [2.05, 4.69) is 4.98 Å². The Morgan fingerprint density at radius 3 is 2.43 bits per heavy atom. The fraction of sp³-hybridized carbons (Fsp3) is 0. The van der Waals surface area contributed by atoms with E-state index in [4.69, 9.17) is 23.2 Å². The molecule has 1 heterocycles. The minimum atomic E-state index is -0.794. The van der Waals surface area contributed by atoms with Gasteiger partial charge < -0.3 is 4.98 Å². The lowest BCUT2D eigenvalue weighted by Crippen LogP contribution is -2.17. The molecule has 2 aromatic carbocycles. The Kier molecular flexibility index (Phi) is 3.53. The number of fused-ring (bicyclic) bond motifs is 1. The molecule has 0 bridgehead atoms. The van der Waals surface area contributed by atoms with Crippen molar-refractivity contribution in [1.29, 1.82) is 0 Å². The van der Waals surface area contributed by atoms with Crippen molar-refractivity contribution in [3.63, 3.8) is 0 Å². The van der Waals surface area contributed by atoms with Crippen LogP contribution in [0.15, 0.2) is 53.3 Å². The third-order valence-corrected chi connectivity index (χ3v) is 3.66. The molecule has 0 aliphatic heterocycles. The summed E-state index contributed by atoms with van der Waals surface area (Å²) in [6.07, 6.45) is 0. The number of benzene rings is 2. The Bertz CT molecular complexity index is 901. The van der Waals surface area contributed by atoms with Crippen LogP contribution in [0, 0.1) is 0 Å². The van der Waals surface area contributed by atoms with E-state index in [1.807, 2.05) is 30.3 Å². The Morgan fingerprint density at radius 2 is 1.76 bits per heavy atom. The number of aromatic amines is 1. The van der Waals surface area contributed by atoms with Gasteiger partial charge in [-0.05, 0) is 35.4 Å². The Morgan fingerprint density at radius 1 is 1.05 bits per heavy atom. The molecule has 0 aliphatic rings. The fourth-order valence-corrected chi connectivity index (χ4v) is 2.71. The SMILES string of the molecule is O=C(Cl)c1c(-c2ccccc2)c2cc(Cl)ccc2[nH]c1=O. The molecule has 3 aromatic rings. The summed E-state index contributed by atoms with van der Waals surface area (Å²) in [5.41, 5.74) is 1.25. The van der Waals surface area contributed by atoms with E-state index in [0.717, 1.165) is 5.56 Å². The highest BCUT2D eigenvalue weighted by molar-refractivity contribution is 6.68. The average Bonchev–Trinajstić information content (AvgIpc) is 2.47. The number of hydrogen-bond donors (Lipinski definition) is 1. The second-order valence-corrected chi connectivity index (χ2v) is 5.31. The molecule has 1 aromatic heterocycles. The number of nitrogens with one attached hydrogen (secondary N) is 1. The van der Waals surface area contributed by atoms with Crippen molar-refractivity contribution < 1.29 is 4.79 Å². The van der Waals surface area contributed by atoms with Gasteiger partial charge in [0, 0.05) is 21.5 Å². The van der Waals surface area contributed by atoms with E-state index in [0.29, 0.717) is 21.5 Å². The van der Waals surface area contributed by atoms with Gasteiger partial charge in [-0.3, -0.25) is 9.59 Å². The molecule has 3 rings (SSSR count). The van der Waals surface area contributed by atoms with E-state index in [1.165, 1.54) is 0 Å². The van der Waals surface area contributed by atoms with Gasteiger partial charge in [-0.15, -0.1) is 0 Å². The maximum absolute atomic E-state index is 12.2. The lowest BCUT2D eigenvalue weighted by atomic mass is 9.97. The molecule has 0 radical (unpaired) electrons. The summed E-state index contributed by atoms with van der Waals surface area (Å²) in [4.78, 5) is 26.5. The van der Waals surface area contributed by atoms with Crippen LogP contribution in [0.1, 0.15) is 10.4 Å². The molecule has 104 valence electrons. The summed E-state index contributed by atoms with van der Waals surface area (Å²) in [7, 11) is 0. The first-order valence-electron chi connectivity index (χ1n) is 6.18. The second kappa shape index (κ2) is 5.35. The van der Waals surface area contributed by atoms with E-state index in [1.54, 1.807) is 18.2 Å². The van der Waals surface area contributed by atoms with Gasteiger partial charge in [0.25, 0.3) is 10.8 Å². The molecule has 0 saturated heterocycles. The highest BCUT2D eigenvalue weighted by Crippen LogP contribution is 2.31. The first kappa shape index (κ1) is 13.9. The van der Waals surface area contributed by atoms with Crippen LogP contribution < -0.4 is 5.56 Å². The molecular formula is C16H9Cl2NO2. The predicted molar refractivity (Wildman–Crippen MR) is 85.2 cm³/mol. The van der Waals surface area contributed by atoms with Crippen LogP contribution in [0.2, 0.25) is 5.02 Å². The summed E-state index contributed by atoms with van der Waals surface area (Å²) >= 11 is 11.7.